The largest absolute Gasteiger partial charge is 0.381 e. The molecule has 1 aliphatic rings. The highest BCUT2D eigenvalue weighted by Crippen LogP contribution is 2.25. The number of nitriles is 1. The van der Waals surface area contributed by atoms with E-state index in [1.54, 1.807) is 22.5 Å². The number of hydrogen-bond donors (Lipinski definition) is 1. The van der Waals surface area contributed by atoms with Gasteiger partial charge in [-0.25, -0.2) is 12.7 Å². The van der Waals surface area contributed by atoms with E-state index in [9.17, 15) is 13.7 Å². The van der Waals surface area contributed by atoms with Crippen LogP contribution < -0.4 is 5.32 Å². The van der Waals surface area contributed by atoms with Crippen molar-refractivity contribution in [2.45, 2.75) is 24.6 Å². The zero-order valence-electron chi connectivity index (χ0n) is 14.2. The third-order valence-corrected chi connectivity index (χ3v) is 6.59. The molecule has 2 aromatic carbocycles. The molecule has 1 heterocycles. The van der Waals surface area contributed by atoms with Crippen molar-refractivity contribution in [3.63, 3.8) is 0 Å². The Morgan fingerprint density at radius 3 is 2.50 bits per heavy atom. The summed E-state index contributed by atoms with van der Waals surface area (Å²) >= 11 is 6.01. The fraction of sp³-hybridized carbons (Fsp3) is 0.316. The van der Waals surface area contributed by atoms with Crippen LogP contribution in [0.15, 0.2) is 48.5 Å². The van der Waals surface area contributed by atoms with Crippen LogP contribution in [0.5, 0.6) is 0 Å². The highest BCUT2D eigenvalue weighted by molar-refractivity contribution is 7.88. The average Bonchev–Trinajstić information content (AvgIpc) is 2.63. The van der Waals surface area contributed by atoms with E-state index in [4.69, 9.17) is 11.6 Å². The van der Waals surface area contributed by atoms with Gasteiger partial charge in [0.1, 0.15) is 6.07 Å². The molecule has 0 unspecified atom stereocenters. The van der Waals surface area contributed by atoms with Gasteiger partial charge in [0.25, 0.3) is 0 Å². The van der Waals surface area contributed by atoms with Crippen LogP contribution >= 0.6 is 11.6 Å². The molecule has 3 rings (SSSR count). The maximum Gasteiger partial charge on any atom is 0.218 e. The molecule has 1 fully saturated rings. The summed E-state index contributed by atoms with van der Waals surface area (Å²) < 4.78 is 26.8. The Balaban J connectivity index is 1.61. The maximum atomic E-state index is 12.6. The number of anilines is 1. The van der Waals surface area contributed by atoms with Gasteiger partial charge < -0.3 is 5.32 Å². The van der Waals surface area contributed by atoms with E-state index >= 15 is 0 Å². The maximum absolute atomic E-state index is 12.6. The van der Waals surface area contributed by atoms with E-state index < -0.39 is 10.0 Å². The van der Waals surface area contributed by atoms with Gasteiger partial charge in [0.05, 0.1) is 17.0 Å². The first-order valence-electron chi connectivity index (χ1n) is 8.46. The van der Waals surface area contributed by atoms with E-state index in [-0.39, 0.29) is 11.8 Å². The molecule has 0 radical (unpaired) electrons. The van der Waals surface area contributed by atoms with Crippen molar-refractivity contribution in [3.8, 4) is 6.07 Å². The minimum Gasteiger partial charge on any atom is -0.381 e. The minimum atomic E-state index is -3.32. The molecule has 0 bridgehead atoms. The smallest absolute Gasteiger partial charge is 0.218 e. The second-order valence-electron chi connectivity index (χ2n) is 6.36. The van der Waals surface area contributed by atoms with E-state index in [1.165, 1.54) is 0 Å². The topological polar surface area (TPSA) is 73.2 Å². The molecule has 1 saturated heterocycles. The number of halogens is 1. The summed E-state index contributed by atoms with van der Waals surface area (Å²) in [6, 6.07) is 16.6. The third-order valence-electron chi connectivity index (χ3n) is 4.50. The highest BCUT2D eigenvalue weighted by Gasteiger charge is 2.28. The van der Waals surface area contributed by atoms with Crippen LogP contribution in [0.2, 0.25) is 5.02 Å². The summed E-state index contributed by atoms with van der Waals surface area (Å²) in [7, 11) is -3.32. The number of nitrogens with zero attached hydrogens (tertiary/aromatic N) is 2. The van der Waals surface area contributed by atoms with E-state index in [1.807, 2.05) is 30.3 Å². The van der Waals surface area contributed by atoms with Gasteiger partial charge in [-0.05, 0) is 36.6 Å². The average molecular weight is 390 g/mol. The van der Waals surface area contributed by atoms with Crippen LogP contribution in [0.3, 0.4) is 0 Å². The predicted octanol–water partition coefficient (Wildman–Crippen LogP) is 3.62. The van der Waals surface area contributed by atoms with Crippen molar-refractivity contribution in [3.05, 3.63) is 64.7 Å². The standard InChI is InChI=1S/C19H20ClN3O2S/c20-17-7-6-16(13-21)19(12-17)22-18-8-10-23(11-9-18)26(24,25)14-15-4-2-1-3-5-15/h1-7,12,18,22H,8-11,14H2. The molecule has 0 saturated carbocycles. The lowest BCUT2D eigenvalue weighted by molar-refractivity contribution is 0.329. The summed E-state index contributed by atoms with van der Waals surface area (Å²) in [5, 5.41) is 13.1. The van der Waals surface area contributed by atoms with E-state index in [0.717, 1.165) is 5.56 Å². The minimum absolute atomic E-state index is 0.0266. The third kappa shape index (κ3) is 4.55. The Morgan fingerprint density at radius 2 is 1.85 bits per heavy atom. The molecule has 0 aromatic heterocycles. The van der Waals surface area contributed by atoms with Gasteiger partial charge in [-0.3, -0.25) is 0 Å². The Bertz CT molecular complexity index is 902. The predicted molar refractivity (Wildman–Crippen MR) is 103 cm³/mol. The molecule has 0 amide bonds. The van der Waals surface area contributed by atoms with Crippen LogP contribution in [0, 0.1) is 11.3 Å². The molecule has 5 nitrogen and oxygen atoms in total. The fourth-order valence-corrected chi connectivity index (χ4v) is 4.84. The first kappa shape index (κ1) is 18.7. The van der Waals surface area contributed by atoms with Crippen molar-refractivity contribution in [2.24, 2.45) is 0 Å². The Morgan fingerprint density at radius 1 is 1.15 bits per heavy atom. The molecule has 0 aliphatic carbocycles. The lowest BCUT2D eigenvalue weighted by Crippen LogP contribution is -2.42. The number of nitrogens with one attached hydrogen (secondary N) is 1. The Kier molecular flexibility index (Phi) is 5.82. The van der Waals surface area contributed by atoms with Crippen LogP contribution in [0.1, 0.15) is 24.0 Å². The molecule has 1 N–H and O–H groups in total. The van der Waals surface area contributed by atoms with Gasteiger partial charge >= 0.3 is 0 Å². The molecule has 7 heteroatoms. The number of sulfonamides is 1. The fourth-order valence-electron chi connectivity index (χ4n) is 3.11. The van der Waals surface area contributed by atoms with E-state index in [2.05, 4.69) is 11.4 Å². The normalized spacial score (nSPS) is 16.2. The van der Waals surface area contributed by atoms with Gasteiger partial charge in [0.2, 0.25) is 10.0 Å². The SMILES string of the molecule is N#Cc1ccc(Cl)cc1NC1CCN(S(=O)(=O)Cc2ccccc2)CC1. The van der Waals surface area contributed by atoms with Crippen LogP contribution in [0.25, 0.3) is 0 Å². The van der Waals surface area contributed by atoms with E-state index in [0.29, 0.717) is 42.2 Å². The van der Waals surface area contributed by atoms with Gasteiger partial charge in [0.15, 0.2) is 0 Å². The molecular weight excluding hydrogens is 370 g/mol. The first-order valence-corrected chi connectivity index (χ1v) is 10.4. The highest BCUT2D eigenvalue weighted by atomic mass is 35.5. The van der Waals surface area contributed by atoms with Crippen LogP contribution in [-0.2, 0) is 15.8 Å². The molecular formula is C19H20ClN3O2S. The summed E-state index contributed by atoms with van der Waals surface area (Å²) in [6.45, 7) is 0.935. The van der Waals surface area contributed by atoms with Gasteiger partial charge in [-0.2, -0.15) is 5.26 Å². The summed E-state index contributed by atoms with van der Waals surface area (Å²) in [5.41, 5.74) is 2.03. The summed E-state index contributed by atoms with van der Waals surface area (Å²) in [4.78, 5) is 0. The van der Waals surface area contributed by atoms with Gasteiger partial charge in [-0.15, -0.1) is 0 Å². The van der Waals surface area contributed by atoms with Crippen molar-refractivity contribution < 1.29 is 8.42 Å². The van der Waals surface area contributed by atoms with Crippen molar-refractivity contribution in [2.75, 3.05) is 18.4 Å². The number of benzene rings is 2. The first-order chi connectivity index (χ1) is 12.5. The second-order valence-corrected chi connectivity index (χ2v) is 8.77. The van der Waals surface area contributed by atoms with Crippen molar-refractivity contribution in [1.82, 2.24) is 4.31 Å². The molecule has 0 atom stereocenters. The van der Waals surface area contributed by atoms with Gasteiger partial charge in [-0.1, -0.05) is 41.9 Å². The lowest BCUT2D eigenvalue weighted by atomic mass is 10.1. The molecule has 136 valence electrons. The zero-order valence-corrected chi connectivity index (χ0v) is 15.8. The number of rotatable bonds is 5. The molecule has 26 heavy (non-hydrogen) atoms. The Hall–Kier alpha value is -2.07. The van der Waals surface area contributed by atoms with Gasteiger partial charge in [0, 0.05) is 24.2 Å². The van der Waals surface area contributed by atoms with Crippen molar-refractivity contribution in [1.29, 1.82) is 5.26 Å². The second kappa shape index (κ2) is 8.09. The lowest BCUT2D eigenvalue weighted by Gasteiger charge is -2.32. The Labute approximate surface area is 159 Å². The monoisotopic (exact) mass is 389 g/mol. The number of hydrogen-bond acceptors (Lipinski definition) is 4. The molecule has 2 aromatic rings. The molecule has 0 spiro atoms. The molecule has 1 aliphatic heterocycles. The number of piperidine rings is 1. The quantitative estimate of drug-likeness (QED) is 0.847. The van der Waals surface area contributed by atoms with Crippen molar-refractivity contribution >= 4 is 27.3 Å². The summed E-state index contributed by atoms with van der Waals surface area (Å²) in [5.74, 6) is 0.0266. The van der Waals surface area contributed by atoms with Crippen LogP contribution in [0.4, 0.5) is 5.69 Å². The van der Waals surface area contributed by atoms with Crippen LogP contribution in [-0.4, -0.2) is 31.9 Å². The summed E-state index contributed by atoms with van der Waals surface area (Å²) in [6.07, 6.45) is 1.37. The zero-order chi connectivity index (χ0) is 18.6.